The number of esters is 1. The number of carbonyl (C=O) groups excluding carboxylic acids is 2. The first-order valence-corrected chi connectivity index (χ1v) is 8.53. The van der Waals surface area contributed by atoms with Crippen LogP contribution in [0, 0.1) is 0 Å². The number of aromatic nitrogens is 1. The zero-order valence-corrected chi connectivity index (χ0v) is 15.6. The molecule has 2 amide bonds. The van der Waals surface area contributed by atoms with Gasteiger partial charge in [0.05, 0.1) is 17.9 Å². The number of carboxylic acid groups (broad SMARTS) is 1. The Morgan fingerprint density at radius 1 is 1.41 bits per heavy atom. The molecule has 1 aromatic rings. The summed E-state index contributed by atoms with van der Waals surface area (Å²) < 4.78 is 10.2. The highest BCUT2D eigenvalue weighted by Crippen LogP contribution is 2.25. The largest absolute Gasteiger partial charge is 0.465 e. The SMILES string of the molecule is CC(C)(C)OC(=O)NCCCN(Cc1ccc2c(n1)OC(=O)CN2)C(=O)O. The second-order valence-electron chi connectivity index (χ2n) is 6.97. The fourth-order valence-electron chi connectivity index (χ4n) is 2.30. The third-order valence-electron chi connectivity index (χ3n) is 3.45. The maximum absolute atomic E-state index is 11.6. The first kappa shape index (κ1) is 20.3. The topological polar surface area (TPSA) is 130 Å². The summed E-state index contributed by atoms with van der Waals surface area (Å²) in [5.41, 5.74) is 0.447. The number of anilines is 1. The van der Waals surface area contributed by atoms with Crippen molar-refractivity contribution in [3.8, 4) is 5.88 Å². The molecule has 0 radical (unpaired) electrons. The standard InChI is InChI=1S/C17H24N4O6/c1-17(2,3)27-15(23)18-7-4-8-21(16(24)25)10-11-5-6-12-14(20-11)26-13(22)9-19-12/h5-6,19H,4,7-10H2,1-3H3,(H,18,23)(H,24,25). The van der Waals surface area contributed by atoms with Crippen molar-refractivity contribution in [2.45, 2.75) is 39.3 Å². The highest BCUT2D eigenvalue weighted by molar-refractivity contribution is 5.82. The highest BCUT2D eigenvalue weighted by atomic mass is 16.6. The second kappa shape index (κ2) is 8.56. The maximum atomic E-state index is 11.6. The Labute approximate surface area is 156 Å². The molecule has 0 atom stereocenters. The molecule has 0 bridgehead atoms. The molecule has 0 saturated carbocycles. The zero-order valence-electron chi connectivity index (χ0n) is 15.6. The highest BCUT2D eigenvalue weighted by Gasteiger charge is 2.20. The van der Waals surface area contributed by atoms with Crippen LogP contribution in [0.3, 0.4) is 0 Å². The summed E-state index contributed by atoms with van der Waals surface area (Å²) in [4.78, 5) is 39.7. The van der Waals surface area contributed by atoms with Crippen LogP contribution in [0.25, 0.3) is 0 Å². The van der Waals surface area contributed by atoms with Crippen molar-refractivity contribution in [2.24, 2.45) is 0 Å². The van der Waals surface area contributed by atoms with E-state index < -0.39 is 23.8 Å². The Kier molecular flexibility index (Phi) is 6.43. The van der Waals surface area contributed by atoms with Gasteiger partial charge in [-0.3, -0.25) is 0 Å². The van der Waals surface area contributed by atoms with Gasteiger partial charge in [0.2, 0.25) is 5.88 Å². The van der Waals surface area contributed by atoms with Gasteiger partial charge in [-0.2, -0.15) is 0 Å². The van der Waals surface area contributed by atoms with Crippen LogP contribution >= 0.6 is 0 Å². The normalized spacial score (nSPS) is 13.1. The minimum absolute atomic E-state index is 0.0343. The monoisotopic (exact) mass is 380 g/mol. The van der Waals surface area contributed by atoms with Gasteiger partial charge in [-0.1, -0.05) is 0 Å². The third-order valence-corrected chi connectivity index (χ3v) is 3.45. The average molecular weight is 380 g/mol. The third kappa shape index (κ3) is 6.65. The number of rotatable bonds is 6. The van der Waals surface area contributed by atoms with E-state index in [1.807, 2.05) is 0 Å². The number of fused-ring (bicyclic) bond motifs is 1. The summed E-state index contributed by atoms with van der Waals surface area (Å²) in [6.45, 7) is 5.86. The van der Waals surface area contributed by atoms with Crippen LogP contribution in [0.1, 0.15) is 32.9 Å². The fraction of sp³-hybridized carbons (Fsp3) is 0.529. The minimum Gasteiger partial charge on any atom is -0.465 e. The van der Waals surface area contributed by atoms with Crippen LogP contribution in [-0.4, -0.2) is 58.4 Å². The molecular formula is C17H24N4O6. The van der Waals surface area contributed by atoms with Gasteiger partial charge >= 0.3 is 18.2 Å². The molecule has 0 saturated heterocycles. The van der Waals surface area contributed by atoms with E-state index in [9.17, 15) is 19.5 Å². The molecule has 0 aromatic carbocycles. The van der Waals surface area contributed by atoms with Crippen molar-refractivity contribution in [1.82, 2.24) is 15.2 Å². The van der Waals surface area contributed by atoms with Gasteiger partial charge in [-0.25, -0.2) is 19.4 Å². The van der Waals surface area contributed by atoms with Crippen LogP contribution < -0.4 is 15.4 Å². The number of alkyl carbamates (subject to hydrolysis) is 1. The van der Waals surface area contributed by atoms with E-state index in [4.69, 9.17) is 9.47 Å². The number of carbonyl (C=O) groups is 3. The Hall–Kier alpha value is -3.04. The molecule has 0 unspecified atom stereocenters. The molecule has 0 spiro atoms. The molecule has 27 heavy (non-hydrogen) atoms. The van der Waals surface area contributed by atoms with Crippen LogP contribution in [0.4, 0.5) is 15.3 Å². The number of hydrogen-bond donors (Lipinski definition) is 3. The van der Waals surface area contributed by atoms with Gasteiger partial charge in [0.1, 0.15) is 12.1 Å². The van der Waals surface area contributed by atoms with Crippen LogP contribution in [0.2, 0.25) is 0 Å². The quantitative estimate of drug-likeness (QED) is 0.503. The molecule has 0 aliphatic carbocycles. The molecule has 0 fully saturated rings. The van der Waals surface area contributed by atoms with Crippen LogP contribution in [-0.2, 0) is 16.1 Å². The lowest BCUT2D eigenvalue weighted by molar-refractivity contribution is -0.133. The van der Waals surface area contributed by atoms with Crippen molar-refractivity contribution in [3.05, 3.63) is 17.8 Å². The van der Waals surface area contributed by atoms with Gasteiger partial charge < -0.3 is 30.1 Å². The van der Waals surface area contributed by atoms with Crippen LogP contribution in [0.15, 0.2) is 12.1 Å². The van der Waals surface area contributed by atoms with E-state index in [0.717, 1.165) is 0 Å². The summed E-state index contributed by atoms with van der Waals surface area (Å²) in [6, 6.07) is 3.36. The number of nitrogens with zero attached hydrogens (tertiary/aromatic N) is 2. The lowest BCUT2D eigenvalue weighted by Crippen LogP contribution is -2.35. The summed E-state index contributed by atoms with van der Waals surface area (Å²) in [5.74, 6) is -0.309. The van der Waals surface area contributed by atoms with Crippen molar-refractivity contribution < 1.29 is 29.0 Å². The zero-order chi connectivity index (χ0) is 20.0. The molecule has 1 aromatic heterocycles. The van der Waals surface area contributed by atoms with Gasteiger partial charge in [-0.15, -0.1) is 0 Å². The lowest BCUT2D eigenvalue weighted by atomic mass is 10.2. The lowest BCUT2D eigenvalue weighted by Gasteiger charge is -2.22. The predicted molar refractivity (Wildman–Crippen MR) is 95.7 cm³/mol. The average Bonchev–Trinajstić information content (AvgIpc) is 2.55. The van der Waals surface area contributed by atoms with Gasteiger partial charge in [0.15, 0.2) is 0 Å². The van der Waals surface area contributed by atoms with Crippen molar-refractivity contribution in [1.29, 1.82) is 0 Å². The fourth-order valence-corrected chi connectivity index (χ4v) is 2.30. The number of amides is 2. The Bertz CT molecular complexity index is 716. The van der Waals surface area contributed by atoms with Gasteiger partial charge in [-0.05, 0) is 39.3 Å². The van der Waals surface area contributed by atoms with E-state index in [1.165, 1.54) is 4.90 Å². The molecule has 2 heterocycles. The smallest absolute Gasteiger partial charge is 0.407 e. The predicted octanol–water partition coefficient (Wildman–Crippen LogP) is 1.81. The summed E-state index contributed by atoms with van der Waals surface area (Å²) >= 11 is 0. The van der Waals surface area contributed by atoms with E-state index >= 15 is 0 Å². The van der Waals surface area contributed by atoms with Crippen LogP contribution in [0.5, 0.6) is 5.88 Å². The maximum Gasteiger partial charge on any atom is 0.407 e. The van der Waals surface area contributed by atoms with E-state index in [2.05, 4.69) is 15.6 Å². The summed E-state index contributed by atoms with van der Waals surface area (Å²) in [5, 5.41) is 14.8. The van der Waals surface area contributed by atoms with Crippen molar-refractivity contribution in [2.75, 3.05) is 25.0 Å². The molecule has 10 heteroatoms. The first-order valence-electron chi connectivity index (χ1n) is 8.53. The summed E-state index contributed by atoms with van der Waals surface area (Å²) in [7, 11) is 0. The second-order valence-corrected chi connectivity index (χ2v) is 6.97. The van der Waals surface area contributed by atoms with Crippen molar-refractivity contribution >= 4 is 23.8 Å². The van der Waals surface area contributed by atoms with E-state index in [0.29, 0.717) is 17.8 Å². The number of nitrogens with one attached hydrogen (secondary N) is 2. The molecule has 10 nitrogen and oxygen atoms in total. The van der Waals surface area contributed by atoms with E-state index in [-0.39, 0.29) is 32.1 Å². The Morgan fingerprint density at radius 2 is 2.15 bits per heavy atom. The molecule has 1 aliphatic rings. The number of pyridine rings is 1. The number of hydrogen-bond acceptors (Lipinski definition) is 7. The number of ether oxygens (including phenoxy) is 2. The van der Waals surface area contributed by atoms with Crippen molar-refractivity contribution in [3.63, 3.8) is 0 Å². The molecular weight excluding hydrogens is 356 g/mol. The Balaban J connectivity index is 1.85. The molecule has 148 valence electrons. The van der Waals surface area contributed by atoms with E-state index in [1.54, 1.807) is 32.9 Å². The minimum atomic E-state index is -1.11. The molecule has 2 rings (SSSR count). The first-order chi connectivity index (χ1) is 12.6. The summed E-state index contributed by atoms with van der Waals surface area (Å²) in [6.07, 6.45) is -1.25. The molecule has 3 N–H and O–H groups in total. The Morgan fingerprint density at radius 3 is 2.81 bits per heavy atom. The van der Waals surface area contributed by atoms with Gasteiger partial charge in [0, 0.05) is 13.1 Å². The molecule has 1 aliphatic heterocycles. The van der Waals surface area contributed by atoms with Gasteiger partial charge in [0.25, 0.3) is 0 Å².